The van der Waals surface area contributed by atoms with Gasteiger partial charge in [0, 0.05) is 22.2 Å². The van der Waals surface area contributed by atoms with Crippen LogP contribution in [0.4, 0.5) is 28.4 Å². The molecule has 0 fully saturated rings. The summed E-state index contributed by atoms with van der Waals surface area (Å²) in [5.41, 5.74) is 14.8. The number of imidazole rings is 2. The molecule has 8 nitrogen and oxygen atoms in total. The molecule has 0 spiro atoms. The molecule has 5 heterocycles. The lowest BCUT2D eigenvalue weighted by molar-refractivity contribution is 0.586. The molecule has 0 bridgehead atoms. The maximum Gasteiger partial charge on any atom is 0.164 e. The maximum absolute atomic E-state index is 5.72. The maximum atomic E-state index is 5.72. The number of hydrogen-bond acceptors (Lipinski definition) is 6. The molecule has 2 aromatic heterocycles. The van der Waals surface area contributed by atoms with Gasteiger partial charge < -0.3 is 20.2 Å². The van der Waals surface area contributed by atoms with Crippen LogP contribution in [0.5, 0.6) is 0 Å². The van der Waals surface area contributed by atoms with Gasteiger partial charge in [-0.05, 0) is 53.3 Å². The second-order valence-corrected chi connectivity index (χ2v) is 14.3. The molecule has 3 aliphatic heterocycles. The second kappa shape index (κ2) is 9.47. The molecule has 1 unspecified atom stereocenters. The van der Waals surface area contributed by atoms with Crippen LogP contribution in [0.3, 0.4) is 0 Å². The monoisotopic (exact) mass is 628 g/mol. The van der Waals surface area contributed by atoms with Crippen LogP contribution in [0.15, 0.2) is 114 Å². The number of rotatable bonds is 1. The average molecular weight is 629 g/mol. The van der Waals surface area contributed by atoms with Crippen molar-refractivity contribution in [1.29, 1.82) is 0 Å². The quantitative estimate of drug-likeness (QED) is 0.169. The summed E-state index contributed by atoms with van der Waals surface area (Å²) in [5.74, 6) is 0.900. The molecule has 4 aromatic carbocycles. The van der Waals surface area contributed by atoms with Crippen LogP contribution in [0.2, 0.25) is 0 Å². The Hall–Kier alpha value is -5.63. The first kappa shape index (κ1) is 27.5. The highest BCUT2D eigenvalue weighted by molar-refractivity contribution is 6.21. The first-order valence-corrected chi connectivity index (χ1v) is 16.8. The summed E-state index contributed by atoms with van der Waals surface area (Å²) < 4.78 is 0. The predicted octanol–water partition coefficient (Wildman–Crippen LogP) is 9.10. The molecule has 0 saturated heterocycles. The standard InChI is InChI=1S/C40H36N8/c1-39(2)23-13-5-9-17-27(23)47(28-18-10-6-14-24(28)39)37-38(46-36-34-32(42-22-44-34)31-33(35(36)45-37)43-21-41-31)48-29-19-11-7-15-25(29)40(3,4)26-16-8-12-20-30(26)48/h5-11,13-19,21-22,38,46H,12,20H2,1-4H3,(H,41,43)(H,42,44). The summed E-state index contributed by atoms with van der Waals surface area (Å²) in [6.07, 6.45) is 9.76. The first-order chi connectivity index (χ1) is 23.4. The molecular formula is C40H36N8. The van der Waals surface area contributed by atoms with Crippen molar-refractivity contribution in [2.75, 3.05) is 15.1 Å². The van der Waals surface area contributed by atoms with Gasteiger partial charge in [0.25, 0.3) is 0 Å². The summed E-state index contributed by atoms with van der Waals surface area (Å²) in [5, 5.41) is 4.08. The van der Waals surface area contributed by atoms with Crippen molar-refractivity contribution >= 4 is 56.3 Å². The van der Waals surface area contributed by atoms with Crippen molar-refractivity contribution in [3.8, 4) is 0 Å². The van der Waals surface area contributed by atoms with Gasteiger partial charge in [-0.3, -0.25) is 4.90 Å². The number of fused-ring (bicyclic) bond motifs is 9. The van der Waals surface area contributed by atoms with Gasteiger partial charge in [-0.15, -0.1) is 0 Å². The molecule has 236 valence electrons. The Morgan fingerprint density at radius 2 is 1.31 bits per heavy atom. The minimum absolute atomic E-state index is 0.143. The molecule has 4 aliphatic rings. The van der Waals surface area contributed by atoms with Gasteiger partial charge in [0.05, 0.1) is 40.8 Å². The van der Waals surface area contributed by atoms with Crippen LogP contribution in [-0.2, 0) is 10.8 Å². The number of aliphatic imine (C=N–C) groups is 1. The highest BCUT2D eigenvalue weighted by atomic mass is 15.4. The summed E-state index contributed by atoms with van der Waals surface area (Å²) in [4.78, 5) is 26.9. The van der Waals surface area contributed by atoms with Gasteiger partial charge in [-0.25, -0.2) is 15.0 Å². The second-order valence-electron chi connectivity index (χ2n) is 14.3. The zero-order valence-electron chi connectivity index (χ0n) is 27.5. The Bertz CT molecular complexity index is 2370. The third-order valence-corrected chi connectivity index (χ3v) is 11.0. The number of anilines is 4. The molecule has 3 N–H and O–H groups in total. The number of benzene rings is 4. The van der Waals surface area contributed by atoms with E-state index in [1.54, 1.807) is 12.7 Å². The highest BCUT2D eigenvalue weighted by Gasteiger charge is 2.46. The van der Waals surface area contributed by atoms with Gasteiger partial charge in [0.15, 0.2) is 12.0 Å². The molecule has 0 saturated carbocycles. The van der Waals surface area contributed by atoms with Crippen molar-refractivity contribution in [3.63, 3.8) is 0 Å². The fraction of sp³-hybridized carbons (Fsp3) is 0.225. The molecule has 10 rings (SSSR count). The summed E-state index contributed by atoms with van der Waals surface area (Å²) in [7, 11) is 0. The van der Waals surface area contributed by atoms with E-state index < -0.39 is 0 Å². The van der Waals surface area contributed by atoms with Gasteiger partial charge >= 0.3 is 0 Å². The van der Waals surface area contributed by atoms with E-state index in [9.17, 15) is 0 Å². The number of allylic oxidation sites excluding steroid dienone is 4. The number of nitrogens with zero attached hydrogens (tertiary/aromatic N) is 5. The third kappa shape index (κ3) is 3.47. The van der Waals surface area contributed by atoms with E-state index in [1.165, 1.54) is 33.6 Å². The summed E-state index contributed by atoms with van der Waals surface area (Å²) in [6.45, 7) is 9.36. The number of hydrogen-bond donors (Lipinski definition) is 3. The fourth-order valence-electron chi connectivity index (χ4n) is 8.73. The van der Waals surface area contributed by atoms with Gasteiger partial charge in [0.1, 0.15) is 16.7 Å². The van der Waals surface area contributed by atoms with Crippen LogP contribution in [-0.4, -0.2) is 31.9 Å². The van der Waals surface area contributed by atoms with Gasteiger partial charge in [-0.1, -0.05) is 94.4 Å². The van der Waals surface area contributed by atoms with Crippen molar-refractivity contribution in [1.82, 2.24) is 19.9 Å². The SMILES string of the molecule is CC1(C)C2=C(CCC=C2)N(C2Nc3c(c4nc[nH]c4c4nc[nH]c34)N=C2N2c3ccccc3C(C)(C)c3ccccc32)c2ccccc21. The number of H-pyrrole nitrogens is 2. The van der Waals surface area contributed by atoms with E-state index in [2.05, 4.69) is 138 Å². The minimum atomic E-state index is -0.350. The Kier molecular flexibility index (Phi) is 5.42. The lowest BCUT2D eigenvalue weighted by Gasteiger charge is -2.50. The number of aromatic amines is 2. The Labute approximate surface area is 278 Å². The Morgan fingerprint density at radius 3 is 2.02 bits per heavy atom. The number of amidine groups is 1. The average Bonchev–Trinajstić information content (AvgIpc) is 3.80. The van der Waals surface area contributed by atoms with E-state index in [0.29, 0.717) is 0 Å². The van der Waals surface area contributed by atoms with Gasteiger partial charge in [-0.2, -0.15) is 0 Å². The van der Waals surface area contributed by atoms with Crippen LogP contribution in [0.1, 0.15) is 57.2 Å². The van der Waals surface area contributed by atoms with Crippen molar-refractivity contribution < 1.29 is 0 Å². The van der Waals surface area contributed by atoms with Crippen molar-refractivity contribution in [2.24, 2.45) is 4.99 Å². The van der Waals surface area contributed by atoms with E-state index in [0.717, 1.165) is 63.5 Å². The smallest absolute Gasteiger partial charge is 0.164 e. The van der Waals surface area contributed by atoms with Crippen molar-refractivity contribution in [2.45, 2.75) is 57.5 Å². The molecule has 6 aromatic rings. The number of para-hydroxylation sites is 3. The Morgan fingerprint density at radius 1 is 0.708 bits per heavy atom. The van der Waals surface area contributed by atoms with E-state index in [4.69, 9.17) is 15.0 Å². The van der Waals surface area contributed by atoms with E-state index >= 15 is 0 Å². The molecule has 0 amide bonds. The van der Waals surface area contributed by atoms with Gasteiger partial charge in [0.2, 0.25) is 0 Å². The molecule has 0 radical (unpaired) electrons. The summed E-state index contributed by atoms with van der Waals surface area (Å²) >= 11 is 0. The highest BCUT2D eigenvalue weighted by Crippen LogP contribution is 2.54. The van der Waals surface area contributed by atoms with E-state index in [-0.39, 0.29) is 17.0 Å². The van der Waals surface area contributed by atoms with Crippen LogP contribution in [0, 0.1) is 0 Å². The molecular weight excluding hydrogens is 592 g/mol. The summed E-state index contributed by atoms with van der Waals surface area (Å²) in [6, 6.07) is 26.5. The lowest BCUT2D eigenvalue weighted by atomic mass is 9.71. The zero-order chi connectivity index (χ0) is 32.4. The molecule has 1 atom stereocenters. The zero-order valence-corrected chi connectivity index (χ0v) is 27.5. The lowest BCUT2D eigenvalue weighted by Crippen LogP contribution is -2.56. The Balaban J connectivity index is 1.31. The van der Waals surface area contributed by atoms with Crippen molar-refractivity contribution in [3.05, 3.63) is 126 Å². The largest absolute Gasteiger partial charge is 0.355 e. The molecule has 8 heteroatoms. The van der Waals surface area contributed by atoms with Crippen LogP contribution < -0.4 is 15.1 Å². The molecule has 1 aliphatic carbocycles. The number of nitrogens with one attached hydrogen (secondary N) is 3. The van der Waals surface area contributed by atoms with E-state index in [1.807, 2.05) is 0 Å². The number of aromatic nitrogens is 4. The molecule has 48 heavy (non-hydrogen) atoms. The van der Waals surface area contributed by atoms with Crippen LogP contribution in [0.25, 0.3) is 22.1 Å². The minimum Gasteiger partial charge on any atom is -0.355 e. The topological polar surface area (TPSA) is 88.2 Å². The predicted molar refractivity (Wildman–Crippen MR) is 195 cm³/mol. The normalized spacial score (nSPS) is 20.1. The van der Waals surface area contributed by atoms with Crippen LogP contribution >= 0.6 is 0 Å². The first-order valence-electron chi connectivity index (χ1n) is 16.8. The third-order valence-electron chi connectivity index (χ3n) is 11.0. The fourth-order valence-corrected chi connectivity index (χ4v) is 8.73.